The zero-order valence-corrected chi connectivity index (χ0v) is 74.7. The highest BCUT2D eigenvalue weighted by Crippen LogP contribution is 2.36. The smallest absolute Gasteiger partial charge is 0.280 e. The number of likely N-dealkylation sites (tertiary alicyclic amines) is 1. The summed E-state index contributed by atoms with van der Waals surface area (Å²) in [4.78, 5) is 161. The summed E-state index contributed by atoms with van der Waals surface area (Å²) in [5.41, 5.74) is 11.8. The van der Waals surface area contributed by atoms with Crippen LogP contribution in [0.3, 0.4) is 0 Å². The van der Waals surface area contributed by atoms with Crippen molar-refractivity contribution in [2.45, 2.75) is 185 Å². The van der Waals surface area contributed by atoms with Gasteiger partial charge in [0.15, 0.2) is 0 Å². The molecule has 10 aromatic rings. The van der Waals surface area contributed by atoms with Gasteiger partial charge in [0.1, 0.15) is 62.1 Å². The van der Waals surface area contributed by atoms with E-state index >= 15 is 0 Å². The highest BCUT2D eigenvalue weighted by Gasteiger charge is 2.29. The summed E-state index contributed by atoms with van der Waals surface area (Å²) in [6.45, 7) is 10.0. The Morgan fingerprint density at radius 1 is 0.357 bits per heavy atom. The summed E-state index contributed by atoms with van der Waals surface area (Å²) in [5.74, 6) is 1.75. The monoisotopic (exact) mass is 1780 g/mol. The van der Waals surface area contributed by atoms with Crippen molar-refractivity contribution in [2.24, 2.45) is 0 Å². The average molecular weight is 1780 g/mol. The van der Waals surface area contributed by atoms with E-state index in [0.717, 1.165) is 185 Å². The summed E-state index contributed by atoms with van der Waals surface area (Å²) in [6.07, 6.45) is 38.7. The third-order valence-electron chi connectivity index (χ3n) is 24.4. The molecular formula is C91H120N22O16. The minimum atomic E-state index is -0.590. The second-order valence-corrected chi connectivity index (χ2v) is 32.9. The molecule has 0 atom stereocenters. The number of hydrogen-bond acceptors (Lipinski definition) is 30. The average Bonchev–Trinajstić information content (AvgIpc) is 0.778. The molecule has 129 heavy (non-hydrogen) atoms. The number of ether oxygens (including phenoxy) is 4. The number of pyridine rings is 4. The number of piperidine rings is 1. The zero-order valence-electron chi connectivity index (χ0n) is 74.7. The highest BCUT2D eigenvalue weighted by atomic mass is 16.7. The number of hydrogen-bond donors (Lipinski definition) is 8. The lowest BCUT2D eigenvalue weighted by Crippen LogP contribution is -2.39. The van der Waals surface area contributed by atoms with Crippen molar-refractivity contribution in [3.05, 3.63) is 166 Å². The summed E-state index contributed by atoms with van der Waals surface area (Å²) in [7, 11) is 10.2. The van der Waals surface area contributed by atoms with Crippen LogP contribution in [-0.4, -0.2) is 213 Å². The predicted molar refractivity (Wildman–Crippen MR) is 488 cm³/mol. The number of hydroxylamine groups is 4. The molecule has 0 radical (unpaired) electrons. The maximum atomic E-state index is 13.1. The van der Waals surface area contributed by atoms with E-state index in [4.69, 9.17) is 43.3 Å². The lowest BCUT2D eigenvalue weighted by Gasteiger charge is -2.27. The van der Waals surface area contributed by atoms with Crippen LogP contribution in [-0.2, 0) is 37.1 Å². The first-order chi connectivity index (χ1) is 63.0. The van der Waals surface area contributed by atoms with Crippen LogP contribution in [0.5, 0.6) is 17.2 Å². The molecule has 16 rings (SSSR count). The predicted octanol–water partition coefficient (Wildman–Crippen LogP) is 10.3. The van der Waals surface area contributed by atoms with Crippen LogP contribution in [0.4, 0.5) is 23.8 Å². The van der Waals surface area contributed by atoms with Crippen molar-refractivity contribution >= 4 is 91.6 Å². The van der Waals surface area contributed by atoms with E-state index in [1.54, 1.807) is 52.2 Å². The summed E-state index contributed by atoms with van der Waals surface area (Å²) in [6, 6.07) is 14.2. The molecule has 8 N–H and O–H groups in total. The van der Waals surface area contributed by atoms with Gasteiger partial charge in [-0.2, -0.15) is 19.9 Å². The van der Waals surface area contributed by atoms with E-state index in [1.807, 2.05) is 54.7 Å². The molecule has 0 unspecified atom stereocenters. The molecule has 38 nitrogen and oxygen atoms in total. The van der Waals surface area contributed by atoms with Crippen LogP contribution < -0.4 is 79.1 Å². The summed E-state index contributed by atoms with van der Waals surface area (Å²) < 4.78 is 29.1. The van der Waals surface area contributed by atoms with Crippen molar-refractivity contribution in [1.82, 2.24) is 89.9 Å². The maximum Gasteiger partial charge on any atom is 0.280 e. The van der Waals surface area contributed by atoms with Crippen molar-refractivity contribution in [2.75, 3.05) is 143 Å². The lowest BCUT2D eigenvalue weighted by molar-refractivity contribution is 0.0398. The van der Waals surface area contributed by atoms with Gasteiger partial charge in [-0.3, -0.25) is 62.6 Å². The van der Waals surface area contributed by atoms with Crippen LogP contribution >= 0.6 is 0 Å². The molecule has 2 aliphatic heterocycles. The number of methoxy groups -OCH3 is 3. The molecular weight excluding hydrogens is 1660 g/mol. The Bertz CT molecular complexity index is 5540. The molecule has 2 saturated heterocycles. The number of aromatic nitrogens is 12. The van der Waals surface area contributed by atoms with Crippen molar-refractivity contribution in [1.29, 1.82) is 0 Å². The zero-order chi connectivity index (χ0) is 90.5. The Hall–Kier alpha value is -12.2. The van der Waals surface area contributed by atoms with E-state index < -0.39 is 39.9 Å². The van der Waals surface area contributed by atoms with Crippen LogP contribution in [0.2, 0.25) is 0 Å². The maximum absolute atomic E-state index is 13.1. The van der Waals surface area contributed by atoms with Crippen LogP contribution in [0.25, 0.3) is 44.1 Å². The van der Waals surface area contributed by atoms with Gasteiger partial charge in [0.2, 0.25) is 45.5 Å². The Morgan fingerprint density at radius 2 is 0.659 bits per heavy atom. The van der Waals surface area contributed by atoms with E-state index in [2.05, 4.69) is 87.9 Å². The van der Waals surface area contributed by atoms with Crippen molar-refractivity contribution in [3.8, 4) is 17.2 Å². The number of fused-ring (bicyclic) bond motifs is 4. The second kappa shape index (κ2) is 47.2. The molecule has 0 spiro atoms. The SMILES string of the molecule is CONC(=O)c1cn(C2CCCCC2)c2nc(NCCN3CCCCC3)ncc2c1=O.CONC(=O)c1cn(C2CCCCC2)c2nc(NCCN3CCOCC3)ncc2c1=O.CONC(=O)c1cn(C2CCCCC2)c2nc(NCCc3ccc(OC)cc3)ncc2c1=O.CONC(=O)c1cn(C2CCCCC2)c2nc(NCc3cc(OC)cc(OC)c3)ncc2c1=O. The molecule has 6 aliphatic rings. The fourth-order valence-corrected chi connectivity index (χ4v) is 17.6. The van der Waals surface area contributed by atoms with Gasteiger partial charge >= 0.3 is 0 Å². The van der Waals surface area contributed by atoms with Crippen molar-refractivity contribution < 1.29 is 57.5 Å². The normalized spacial score (nSPS) is 16.1. The topological polar surface area (TPSA) is 436 Å². The van der Waals surface area contributed by atoms with Crippen LogP contribution in [0.15, 0.2) is 111 Å². The summed E-state index contributed by atoms with van der Waals surface area (Å²) >= 11 is 0. The Kier molecular flexibility index (Phi) is 34.6. The van der Waals surface area contributed by atoms with Gasteiger partial charge in [0, 0.05) is 132 Å². The molecule has 0 bridgehead atoms. The number of morpholine rings is 1. The van der Waals surface area contributed by atoms with Crippen LogP contribution in [0, 0.1) is 0 Å². The van der Waals surface area contributed by atoms with Gasteiger partial charge in [-0.15, -0.1) is 0 Å². The van der Waals surface area contributed by atoms with E-state index in [9.17, 15) is 38.4 Å². The molecule has 10 heterocycles. The largest absolute Gasteiger partial charge is 0.497 e. The first kappa shape index (κ1) is 94.4. The molecule has 6 fully saturated rings. The first-order valence-electron chi connectivity index (χ1n) is 44.8. The Labute approximate surface area is 746 Å². The number of nitrogens with zero attached hydrogens (tertiary/aromatic N) is 14. The minimum Gasteiger partial charge on any atom is -0.497 e. The van der Waals surface area contributed by atoms with E-state index in [0.29, 0.717) is 99.1 Å². The summed E-state index contributed by atoms with van der Waals surface area (Å²) in [5, 5.41) is 14.4. The fraction of sp³-hybridized carbons (Fsp3) is 0.516. The van der Waals surface area contributed by atoms with Crippen LogP contribution in [0.1, 0.15) is 224 Å². The molecule has 2 aromatic carbocycles. The van der Waals surface area contributed by atoms with Gasteiger partial charge in [-0.1, -0.05) is 95.6 Å². The standard InChI is InChI=1S/C24H29N5O5.C24H29N5O4.C22H32N6O3.C21H30N6O4/c1-32-17-9-15(10-18(11-17)33-2)12-25-24-26-13-19-21(30)20(23(31)28-34-3)14-29(22(19)27-24)16-7-5-4-6-8-16;1-32-18-10-8-16(9-11-18)12-13-25-24-26-14-19-21(30)20(23(31)28-33-2)15-29(22(19)27-24)17-6-4-3-5-7-17;1-31-26-21(30)18-15-28(16-8-4-2-5-9-16)20-17(19(18)29)14-24-22(25-20)23-10-13-27-11-6-3-7-12-27;1-30-25-20(29)17-14-27(15-5-3-2-4-6-15)19-16(18(17)28)13-23-21(24-19)22-7-8-26-9-11-31-12-10-26/h9-11,13-14,16H,4-8,12H2,1-3H3,(H,28,31)(H,25,26,27);8-11,14-15,17H,3-7,12-13H2,1-2H3,(H,28,31)(H,25,26,27);14-16H,2-13H2,1H3,(H,26,30)(H,23,24,25);13-15H,2-12H2,1H3,(H,25,29)(H,22,23,24). The highest BCUT2D eigenvalue weighted by molar-refractivity contribution is 5.99. The molecule has 690 valence electrons. The Morgan fingerprint density at radius 3 is 0.977 bits per heavy atom. The quantitative estimate of drug-likeness (QED) is 0.0194. The molecule has 38 heteroatoms. The minimum absolute atomic E-state index is 0.00714. The van der Waals surface area contributed by atoms with E-state index in [-0.39, 0.29) is 51.8 Å². The molecule has 4 saturated carbocycles. The van der Waals surface area contributed by atoms with Crippen molar-refractivity contribution in [3.63, 3.8) is 0 Å². The first-order valence-corrected chi connectivity index (χ1v) is 44.8. The van der Waals surface area contributed by atoms with Gasteiger partial charge in [0.05, 0.1) is 84.5 Å². The number of carbonyl (C=O) groups is 4. The van der Waals surface area contributed by atoms with Gasteiger partial charge in [-0.05, 0) is 119 Å². The van der Waals surface area contributed by atoms with Gasteiger partial charge in [-0.25, -0.2) is 41.9 Å². The van der Waals surface area contributed by atoms with Gasteiger partial charge in [0.25, 0.3) is 23.6 Å². The number of nitrogens with one attached hydrogen (secondary N) is 8. The third kappa shape index (κ3) is 24.6. The molecule has 8 aromatic heterocycles. The van der Waals surface area contributed by atoms with Gasteiger partial charge < -0.3 is 63.4 Å². The Balaban J connectivity index is 0.000000147. The number of anilines is 4. The number of amides is 4. The molecule has 4 amide bonds. The third-order valence-corrected chi connectivity index (χ3v) is 24.4. The fourth-order valence-electron chi connectivity index (χ4n) is 17.6. The second-order valence-electron chi connectivity index (χ2n) is 32.9. The lowest BCUT2D eigenvalue weighted by atomic mass is 9.95. The number of carbonyl (C=O) groups excluding carboxylic acids is 4. The van der Waals surface area contributed by atoms with E-state index in [1.165, 1.54) is 98.2 Å². The number of benzene rings is 2. The molecule has 4 aliphatic carbocycles. The number of rotatable bonds is 30.